The Bertz CT molecular complexity index is 632. The predicted molar refractivity (Wildman–Crippen MR) is 86.2 cm³/mol. The van der Waals surface area contributed by atoms with E-state index in [1.807, 2.05) is 12.1 Å². The Kier molecular flexibility index (Phi) is 4.09. The molecule has 0 amide bonds. The van der Waals surface area contributed by atoms with E-state index < -0.39 is 0 Å². The Morgan fingerprint density at radius 2 is 1.95 bits per heavy atom. The summed E-state index contributed by atoms with van der Waals surface area (Å²) in [6.07, 6.45) is 0. The summed E-state index contributed by atoms with van der Waals surface area (Å²) in [6, 6.07) is 5.95. The van der Waals surface area contributed by atoms with Gasteiger partial charge in [-0.15, -0.1) is 0 Å². The Hall–Kier alpha value is -1.48. The van der Waals surface area contributed by atoms with E-state index in [0.29, 0.717) is 10.8 Å². The lowest BCUT2D eigenvalue weighted by molar-refractivity contribution is 0.415. The highest BCUT2D eigenvalue weighted by molar-refractivity contribution is 6.32. The van der Waals surface area contributed by atoms with Crippen LogP contribution in [0, 0.1) is 0 Å². The number of aromatic nitrogens is 1. The normalized spacial score (nSPS) is 11.7. The van der Waals surface area contributed by atoms with Gasteiger partial charge in [-0.1, -0.05) is 32.4 Å². The first kappa shape index (κ1) is 14.9. The highest BCUT2D eigenvalue weighted by Gasteiger charge is 2.20. The maximum absolute atomic E-state index is 6.20. The summed E-state index contributed by atoms with van der Waals surface area (Å²) < 4.78 is 5.26. The van der Waals surface area contributed by atoms with Crippen molar-refractivity contribution < 1.29 is 4.74 Å². The molecular weight excluding hydrogens is 272 g/mol. The van der Waals surface area contributed by atoms with Crippen LogP contribution >= 0.6 is 11.6 Å². The van der Waals surface area contributed by atoms with Crippen LogP contribution in [-0.4, -0.2) is 18.6 Å². The van der Waals surface area contributed by atoms with E-state index in [4.69, 9.17) is 21.3 Å². The molecule has 108 valence electrons. The molecule has 1 aromatic heterocycles. The lowest BCUT2D eigenvalue weighted by Crippen LogP contribution is -2.16. The lowest BCUT2D eigenvalue weighted by atomic mass is 9.86. The molecule has 0 spiro atoms. The van der Waals surface area contributed by atoms with Crippen molar-refractivity contribution in [2.45, 2.75) is 33.1 Å². The molecule has 0 aliphatic heterocycles. The van der Waals surface area contributed by atoms with Gasteiger partial charge in [-0.05, 0) is 24.5 Å². The zero-order valence-corrected chi connectivity index (χ0v) is 13.4. The zero-order chi connectivity index (χ0) is 14.9. The number of rotatable bonds is 3. The van der Waals surface area contributed by atoms with Gasteiger partial charge in [0, 0.05) is 23.6 Å². The molecule has 0 unspecified atom stereocenters. The average Bonchev–Trinajstić information content (AvgIpc) is 2.36. The Balaban J connectivity index is 2.71. The molecular formula is C16H21ClN2O. The summed E-state index contributed by atoms with van der Waals surface area (Å²) in [6.45, 7) is 9.46. The minimum absolute atomic E-state index is 0.0189. The maximum atomic E-state index is 6.20. The summed E-state index contributed by atoms with van der Waals surface area (Å²) in [5.41, 5.74) is 2.09. The van der Waals surface area contributed by atoms with Crippen LogP contribution in [0.4, 0.5) is 5.82 Å². The van der Waals surface area contributed by atoms with Crippen molar-refractivity contribution in [1.82, 2.24) is 4.98 Å². The van der Waals surface area contributed by atoms with Crippen LogP contribution in [0.1, 0.15) is 33.3 Å². The van der Waals surface area contributed by atoms with Crippen molar-refractivity contribution in [3.63, 3.8) is 0 Å². The van der Waals surface area contributed by atoms with Crippen molar-refractivity contribution >= 4 is 28.3 Å². The molecule has 20 heavy (non-hydrogen) atoms. The minimum Gasteiger partial charge on any atom is -0.495 e. The minimum atomic E-state index is 0.0189. The Labute approximate surface area is 125 Å². The molecule has 2 aromatic rings. The standard InChI is InChI=1S/C16H21ClN2O/c1-6-18-15-11(16(2,3)4)7-10-8-12(17)14(20-5)9-13(10)19-15/h7-9H,6H2,1-5H3,(H,18,19). The number of nitrogens with one attached hydrogen (secondary N) is 1. The molecule has 0 fully saturated rings. The molecule has 4 heteroatoms. The molecule has 0 radical (unpaired) electrons. The molecule has 0 aliphatic rings. The van der Waals surface area contributed by atoms with Crippen LogP contribution in [0.25, 0.3) is 10.9 Å². The first-order valence-electron chi connectivity index (χ1n) is 6.79. The fraction of sp³-hybridized carbons (Fsp3) is 0.438. The van der Waals surface area contributed by atoms with E-state index >= 15 is 0 Å². The van der Waals surface area contributed by atoms with Crippen LogP contribution < -0.4 is 10.1 Å². The van der Waals surface area contributed by atoms with Crippen LogP contribution in [-0.2, 0) is 5.41 Å². The number of fused-ring (bicyclic) bond motifs is 1. The summed E-state index contributed by atoms with van der Waals surface area (Å²) in [4.78, 5) is 4.73. The van der Waals surface area contributed by atoms with E-state index in [-0.39, 0.29) is 5.41 Å². The van der Waals surface area contributed by atoms with Crippen molar-refractivity contribution in [3.05, 3.63) is 28.8 Å². The second-order valence-corrected chi connectivity index (χ2v) is 6.25. The van der Waals surface area contributed by atoms with Crippen molar-refractivity contribution in [2.24, 2.45) is 0 Å². The average molecular weight is 293 g/mol. The quantitative estimate of drug-likeness (QED) is 0.896. The van der Waals surface area contributed by atoms with Crippen molar-refractivity contribution in [1.29, 1.82) is 0 Å². The smallest absolute Gasteiger partial charge is 0.139 e. The number of hydrogen-bond acceptors (Lipinski definition) is 3. The fourth-order valence-electron chi connectivity index (χ4n) is 2.21. The van der Waals surface area contributed by atoms with Gasteiger partial charge in [-0.3, -0.25) is 0 Å². The molecule has 0 saturated carbocycles. The monoisotopic (exact) mass is 292 g/mol. The van der Waals surface area contributed by atoms with Crippen molar-refractivity contribution in [2.75, 3.05) is 19.0 Å². The van der Waals surface area contributed by atoms with E-state index in [9.17, 15) is 0 Å². The summed E-state index contributed by atoms with van der Waals surface area (Å²) in [5.74, 6) is 1.58. The second kappa shape index (κ2) is 5.49. The summed E-state index contributed by atoms with van der Waals surface area (Å²) in [5, 5.41) is 4.98. The summed E-state index contributed by atoms with van der Waals surface area (Å²) in [7, 11) is 1.61. The molecule has 1 N–H and O–H groups in total. The molecule has 3 nitrogen and oxygen atoms in total. The van der Waals surface area contributed by atoms with Gasteiger partial charge in [0.25, 0.3) is 0 Å². The van der Waals surface area contributed by atoms with Gasteiger partial charge in [0.15, 0.2) is 0 Å². The van der Waals surface area contributed by atoms with Gasteiger partial charge >= 0.3 is 0 Å². The third-order valence-electron chi connectivity index (χ3n) is 3.24. The second-order valence-electron chi connectivity index (χ2n) is 5.84. The van der Waals surface area contributed by atoms with Crippen LogP contribution in [0.15, 0.2) is 18.2 Å². The van der Waals surface area contributed by atoms with Gasteiger partial charge in [0.05, 0.1) is 17.6 Å². The third kappa shape index (κ3) is 2.83. The Morgan fingerprint density at radius 1 is 1.25 bits per heavy atom. The first-order valence-corrected chi connectivity index (χ1v) is 7.17. The topological polar surface area (TPSA) is 34.2 Å². The number of hydrogen-bond donors (Lipinski definition) is 1. The number of benzene rings is 1. The van der Waals surface area contributed by atoms with Crippen LogP contribution in [0.5, 0.6) is 5.75 Å². The number of halogens is 1. The number of ether oxygens (including phenoxy) is 1. The lowest BCUT2D eigenvalue weighted by Gasteiger charge is -2.23. The predicted octanol–water partition coefficient (Wildman–Crippen LogP) is 4.63. The van der Waals surface area contributed by atoms with E-state index in [2.05, 4.69) is 39.1 Å². The Morgan fingerprint density at radius 3 is 2.50 bits per heavy atom. The highest BCUT2D eigenvalue weighted by atomic mass is 35.5. The van der Waals surface area contributed by atoms with E-state index in [0.717, 1.165) is 23.3 Å². The highest BCUT2D eigenvalue weighted by Crippen LogP contribution is 2.35. The molecule has 1 heterocycles. The SMILES string of the molecule is CCNc1nc2cc(OC)c(Cl)cc2cc1C(C)(C)C. The zero-order valence-electron chi connectivity index (χ0n) is 12.7. The van der Waals surface area contributed by atoms with Gasteiger partial charge in [-0.2, -0.15) is 0 Å². The van der Waals surface area contributed by atoms with E-state index in [1.165, 1.54) is 5.56 Å². The molecule has 0 saturated heterocycles. The van der Waals surface area contributed by atoms with Gasteiger partial charge in [0.2, 0.25) is 0 Å². The molecule has 0 aliphatic carbocycles. The number of pyridine rings is 1. The van der Waals surface area contributed by atoms with Crippen molar-refractivity contribution in [3.8, 4) is 5.75 Å². The molecule has 2 rings (SSSR count). The molecule has 0 bridgehead atoms. The fourth-order valence-corrected chi connectivity index (χ4v) is 2.45. The van der Waals surface area contributed by atoms with Crippen LogP contribution in [0.2, 0.25) is 5.02 Å². The maximum Gasteiger partial charge on any atom is 0.139 e. The van der Waals surface area contributed by atoms with E-state index in [1.54, 1.807) is 7.11 Å². The van der Waals surface area contributed by atoms with Gasteiger partial charge in [-0.25, -0.2) is 4.98 Å². The first-order chi connectivity index (χ1) is 9.36. The van der Waals surface area contributed by atoms with Crippen LogP contribution in [0.3, 0.4) is 0 Å². The molecule has 0 atom stereocenters. The molecule has 1 aromatic carbocycles. The largest absolute Gasteiger partial charge is 0.495 e. The summed E-state index contributed by atoms with van der Waals surface area (Å²) >= 11 is 6.20. The number of nitrogens with zero attached hydrogens (tertiary/aromatic N) is 1. The van der Waals surface area contributed by atoms with Gasteiger partial charge in [0.1, 0.15) is 11.6 Å². The van der Waals surface area contributed by atoms with Gasteiger partial charge < -0.3 is 10.1 Å². The number of methoxy groups -OCH3 is 1. The third-order valence-corrected chi connectivity index (χ3v) is 3.54. The number of anilines is 1.